The highest BCUT2D eigenvalue weighted by Gasteiger charge is 2.08. The van der Waals surface area contributed by atoms with E-state index in [0.717, 1.165) is 18.9 Å². The second-order valence-electron chi connectivity index (χ2n) is 5.15. The van der Waals surface area contributed by atoms with Gasteiger partial charge in [0.15, 0.2) is 5.11 Å². The minimum Gasteiger partial charge on any atom is -0.360 e. The molecule has 0 saturated heterocycles. The summed E-state index contributed by atoms with van der Waals surface area (Å²) in [6.07, 6.45) is 1.83. The SMILES string of the molecule is CC(CCc1ccccc1)NC(=S)Nc1ccc(F)cc1F. The zero-order valence-electron chi connectivity index (χ0n) is 12.3. The molecule has 2 aromatic rings. The lowest BCUT2D eigenvalue weighted by molar-refractivity contribution is 0.585. The van der Waals surface area contributed by atoms with Gasteiger partial charge in [-0.25, -0.2) is 8.78 Å². The monoisotopic (exact) mass is 320 g/mol. The molecule has 0 aliphatic carbocycles. The van der Waals surface area contributed by atoms with E-state index in [0.29, 0.717) is 5.11 Å². The van der Waals surface area contributed by atoms with Crippen LogP contribution in [0.2, 0.25) is 0 Å². The minimum absolute atomic E-state index is 0.142. The summed E-state index contributed by atoms with van der Waals surface area (Å²) in [4.78, 5) is 0. The van der Waals surface area contributed by atoms with Gasteiger partial charge in [0.25, 0.3) is 0 Å². The molecule has 2 nitrogen and oxygen atoms in total. The molecule has 0 radical (unpaired) electrons. The van der Waals surface area contributed by atoms with Crippen LogP contribution in [0.5, 0.6) is 0 Å². The average molecular weight is 320 g/mol. The first-order chi connectivity index (χ1) is 10.5. The molecule has 0 fully saturated rings. The van der Waals surface area contributed by atoms with Crippen LogP contribution in [0.15, 0.2) is 48.5 Å². The first kappa shape index (κ1) is 16.4. The Balaban J connectivity index is 1.81. The van der Waals surface area contributed by atoms with Gasteiger partial charge in [0.05, 0.1) is 5.69 Å². The van der Waals surface area contributed by atoms with Crippen molar-refractivity contribution in [2.24, 2.45) is 0 Å². The van der Waals surface area contributed by atoms with Crippen molar-refractivity contribution < 1.29 is 8.78 Å². The molecule has 22 heavy (non-hydrogen) atoms. The van der Waals surface area contributed by atoms with Crippen LogP contribution in [-0.4, -0.2) is 11.2 Å². The Bertz CT molecular complexity index is 632. The summed E-state index contributed by atoms with van der Waals surface area (Å²) in [5.41, 5.74) is 1.42. The number of rotatable bonds is 5. The van der Waals surface area contributed by atoms with E-state index in [1.165, 1.54) is 17.7 Å². The van der Waals surface area contributed by atoms with Crippen molar-refractivity contribution >= 4 is 23.0 Å². The number of thiocarbonyl (C=S) groups is 1. The van der Waals surface area contributed by atoms with E-state index in [2.05, 4.69) is 22.8 Å². The van der Waals surface area contributed by atoms with Crippen LogP contribution >= 0.6 is 12.2 Å². The quantitative estimate of drug-likeness (QED) is 0.805. The maximum absolute atomic E-state index is 13.5. The van der Waals surface area contributed by atoms with E-state index in [1.807, 2.05) is 25.1 Å². The van der Waals surface area contributed by atoms with Crippen molar-refractivity contribution in [2.45, 2.75) is 25.8 Å². The smallest absolute Gasteiger partial charge is 0.171 e. The summed E-state index contributed by atoms with van der Waals surface area (Å²) >= 11 is 5.15. The van der Waals surface area contributed by atoms with Gasteiger partial charge in [-0.1, -0.05) is 30.3 Å². The van der Waals surface area contributed by atoms with Gasteiger partial charge in [-0.05, 0) is 49.7 Å². The lowest BCUT2D eigenvalue weighted by Crippen LogP contribution is -2.36. The van der Waals surface area contributed by atoms with E-state index < -0.39 is 11.6 Å². The standard InChI is InChI=1S/C17H18F2N2S/c1-12(7-8-13-5-3-2-4-6-13)20-17(22)21-16-10-9-14(18)11-15(16)19/h2-6,9-12H,7-8H2,1H3,(H2,20,21,22). The number of aryl methyl sites for hydroxylation is 1. The second kappa shape index (κ2) is 7.84. The van der Waals surface area contributed by atoms with E-state index in [4.69, 9.17) is 12.2 Å². The van der Waals surface area contributed by atoms with Crippen molar-refractivity contribution in [3.8, 4) is 0 Å². The third kappa shape index (κ3) is 5.07. The minimum atomic E-state index is -0.666. The number of halogens is 2. The van der Waals surface area contributed by atoms with E-state index in [9.17, 15) is 8.78 Å². The van der Waals surface area contributed by atoms with Crippen LogP contribution in [-0.2, 0) is 6.42 Å². The Morgan fingerprint density at radius 3 is 2.55 bits per heavy atom. The number of benzene rings is 2. The second-order valence-corrected chi connectivity index (χ2v) is 5.56. The summed E-state index contributed by atoms with van der Waals surface area (Å²) in [7, 11) is 0. The van der Waals surface area contributed by atoms with Crippen molar-refractivity contribution in [3.05, 3.63) is 65.7 Å². The van der Waals surface area contributed by atoms with Crippen molar-refractivity contribution in [3.63, 3.8) is 0 Å². The molecule has 2 N–H and O–H groups in total. The number of nitrogens with one attached hydrogen (secondary N) is 2. The Labute approximate surface area is 134 Å². The zero-order chi connectivity index (χ0) is 15.9. The van der Waals surface area contributed by atoms with Gasteiger partial charge in [0.2, 0.25) is 0 Å². The van der Waals surface area contributed by atoms with Crippen LogP contribution < -0.4 is 10.6 Å². The van der Waals surface area contributed by atoms with E-state index in [1.54, 1.807) is 0 Å². The van der Waals surface area contributed by atoms with Gasteiger partial charge < -0.3 is 10.6 Å². The molecule has 0 bridgehead atoms. The Morgan fingerprint density at radius 2 is 1.86 bits per heavy atom. The molecule has 0 heterocycles. The summed E-state index contributed by atoms with van der Waals surface area (Å²) in [5.74, 6) is -1.28. The molecule has 116 valence electrons. The molecule has 2 rings (SSSR count). The third-order valence-corrected chi connectivity index (χ3v) is 3.49. The predicted molar refractivity (Wildman–Crippen MR) is 89.9 cm³/mol. The fourth-order valence-corrected chi connectivity index (χ4v) is 2.38. The van der Waals surface area contributed by atoms with Gasteiger partial charge in [0, 0.05) is 12.1 Å². The van der Waals surface area contributed by atoms with Crippen LogP contribution in [0.25, 0.3) is 0 Å². The van der Waals surface area contributed by atoms with E-state index >= 15 is 0 Å². The van der Waals surface area contributed by atoms with Gasteiger partial charge >= 0.3 is 0 Å². The van der Waals surface area contributed by atoms with Crippen molar-refractivity contribution in [1.29, 1.82) is 0 Å². The lowest BCUT2D eigenvalue weighted by atomic mass is 10.1. The molecular formula is C17H18F2N2S. The molecular weight excluding hydrogens is 302 g/mol. The topological polar surface area (TPSA) is 24.1 Å². The highest BCUT2D eigenvalue weighted by molar-refractivity contribution is 7.80. The molecule has 1 unspecified atom stereocenters. The molecule has 0 amide bonds. The maximum atomic E-state index is 13.5. The van der Waals surface area contributed by atoms with Gasteiger partial charge in [0.1, 0.15) is 11.6 Å². The molecule has 2 aromatic carbocycles. The average Bonchev–Trinajstić information content (AvgIpc) is 2.49. The highest BCUT2D eigenvalue weighted by Crippen LogP contribution is 2.14. The molecule has 0 aliphatic rings. The number of hydrogen-bond acceptors (Lipinski definition) is 1. The molecule has 5 heteroatoms. The Hall–Kier alpha value is -2.01. The summed E-state index contributed by atoms with van der Waals surface area (Å²) in [5, 5.41) is 6.17. The Kier molecular flexibility index (Phi) is 5.83. The van der Waals surface area contributed by atoms with Crippen LogP contribution in [0.4, 0.5) is 14.5 Å². The summed E-state index contributed by atoms with van der Waals surface area (Å²) in [6, 6.07) is 13.6. The number of anilines is 1. The molecule has 1 atom stereocenters. The molecule has 0 saturated carbocycles. The van der Waals surface area contributed by atoms with Gasteiger partial charge in [-0.15, -0.1) is 0 Å². The first-order valence-corrected chi connectivity index (χ1v) is 7.52. The van der Waals surface area contributed by atoms with Crippen LogP contribution in [0, 0.1) is 11.6 Å². The van der Waals surface area contributed by atoms with Gasteiger partial charge in [-0.2, -0.15) is 0 Å². The van der Waals surface area contributed by atoms with Crippen LogP contribution in [0.3, 0.4) is 0 Å². The maximum Gasteiger partial charge on any atom is 0.171 e. The van der Waals surface area contributed by atoms with Gasteiger partial charge in [-0.3, -0.25) is 0 Å². The summed E-state index contributed by atoms with van der Waals surface area (Å²) < 4.78 is 26.4. The van der Waals surface area contributed by atoms with Crippen molar-refractivity contribution in [2.75, 3.05) is 5.32 Å². The molecule has 0 aliphatic heterocycles. The fraction of sp³-hybridized carbons (Fsp3) is 0.235. The lowest BCUT2D eigenvalue weighted by Gasteiger charge is -2.17. The third-order valence-electron chi connectivity index (χ3n) is 3.27. The number of hydrogen-bond donors (Lipinski definition) is 2. The van der Waals surface area contributed by atoms with E-state index in [-0.39, 0.29) is 11.7 Å². The van der Waals surface area contributed by atoms with Crippen LogP contribution in [0.1, 0.15) is 18.9 Å². The molecule has 0 spiro atoms. The Morgan fingerprint density at radius 1 is 1.14 bits per heavy atom. The largest absolute Gasteiger partial charge is 0.360 e. The first-order valence-electron chi connectivity index (χ1n) is 7.11. The highest BCUT2D eigenvalue weighted by atomic mass is 32.1. The molecule has 0 aromatic heterocycles. The predicted octanol–water partition coefficient (Wildman–Crippen LogP) is 4.27. The zero-order valence-corrected chi connectivity index (χ0v) is 13.1. The normalized spacial score (nSPS) is 11.8. The van der Waals surface area contributed by atoms with Crippen molar-refractivity contribution in [1.82, 2.24) is 5.32 Å². The fourth-order valence-electron chi connectivity index (χ4n) is 2.07. The summed E-state index contributed by atoms with van der Waals surface area (Å²) in [6.45, 7) is 2.01.